The minimum absolute atomic E-state index is 0.0833. The molecular formula is C31H34N2O5. The van der Waals surface area contributed by atoms with E-state index in [4.69, 9.17) is 13.9 Å². The van der Waals surface area contributed by atoms with Gasteiger partial charge in [-0.05, 0) is 80.0 Å². The molecule has 2 fully saturated rings. The lowest BCUT2D eigenvalue weighted by molar-refractivity contribution is -0.134. The van der Waals surface area contributed by atoms with Gasteiger partial charge in [0.15, 0.2) is 5.76 Å². The zero-order chi connectivity index (χ0) is 26.1. The zero-order valence-electron chi connectivity index (χ0n) is 21.8. The van der Waals surface area contributed by atoms with E-state index in [1.54, 1.807) is 12.1 Å². The number of ether oxygens (including phenoxy) is 2. The van der Waals surface area contributed by atoms with Crippen molar-refractivity contribution in [2.24, 2.45) is 5.92 Å². The summed E-state index contributed by atoms with van der Waals surface area (Å²) in [5.74, 6) is 1.73. The molecule has 1 saturated heterocycles. The number of carbonyl (C=O) groups excluding carboxylic acids is 2. The van der Waals surface area contributed by atoms with Crippen molar-refractivity contribution in [3.05, 3.63) is 88.4 Å². The largest absolute Gasteiger partial charge is 0.486 e. The van der Waals surface area contributed by atoms with E-state index in [1.165, 1.54) is 11.1 Å². The molecule has 2 atom stereocenters. The Morgan fingerprint density at radius 1 is 1.05 bits per heavy atom. The van der Waals surface area contributed by atoms with Crippen LogP contribution in [0.4, 0.5) is 0 Å². The monoisotopic (exact) mass is 514 g/mol. The van der Waals surface area contributed by atoms with E-state index in [2.05, 4.69) is 53.5 Å². The van der Waals surface area contributed by atoms with Crippen LogP contribution in [0, 0.1) is 12.8 Å². The molecule has 2 aromatic carbocycles. The molecule has 2 aliphatic heterocycles. The number of hydrogen-bond donors (Lipinski definition) is 1. The van der Waals surface area contributed by atoms with Gasteiger partial charge in [-0.3, -0.25) is 9.59 Å². The molecule has 7 heteroatoms. The van der Waals surface area contributed by atoms with Crippen LogP contribution in [0.2, 0.25) is 0 Å². The number of benzene rings is 2. The third-order valence-electron chi connectivity index (χ3n) is 7.73. The molecule has 1 saturated carbocycles. The first-order valence-electron chi connectivity index (χ1n) is 13.7. The highest BCUT2D eigenvalue weighted by Crippen LogP contribution is 2.41. The molecule has 7 nitrogen and oxygen atoms in total. The maximum absolute atomic E-state index is 13.2. The highest BCUT2D eigenvalue weighted by molar-refractivity contribution is 5.91. The molecule has 0 bridgehead atoms. The van der Waals surface area contributed by atoms with Crippen molar-refractivity contribution in [1.29, 1.82) is 0 Å². The number of rotatable bonds is 8. The van der Waals surface area contributed by atoms with E-state index < -0.39 is 0 Å². The summed E-state index contributed by atoms with van der Waals surface area (Å²) in [6.07, 6.45) is 4.90. The predicted octanol–water partition coefficient (Wildman–Crippen LogP) is 4.96. The fourth-order valence-electron chi connectivity index (χ4n) is 5.42. The number of nitrogens with one attached hydrogen (secondary N) is 1. The number of nitrogens with zero attached hydrogens (tertiary/aromatic N) is 1. The van der Waals surface area contributed by atoms with Gasteiger partial charge in [0.1, 0.15) is 18.1 Å². The van der Waals surface area contributed by atoms with Crippen molar-refractivity contribution in [3.63, 3.8) is 0 Å². The molecule has 3 heterocycles. The average Bonchev–Trinajstić information content (AvgIpc) is 3.44. The summed E-state index contributed by atoms with van der Waals surface area (Å²) >= 11 is 0. The third-order valence-corrected chi connectivity index (χ3v) is 7.73. The second-order valence-electron chi connectivity index (χ2n) is 10.6. The lowest BCUT2D eigenvalue weighted by Crippen LogP contribution is -2.41. The topological polar surface area (TPSA) is 81.0 Å². The first-order chi connectivity index (χ1) is 18.5. The van der Waals surface area contributed by atoms with Crippen molar-refractivity contribution >= 4 is 11.8 Å². The Labute approximate surface area is 223 Å². The summed E-state index contributed by atoms with van der Waals surface area (Å²) in [7, 11) is 0. The zero-order valence-corrected chi connectivity index (χ0v) is 21.8. The number of carbonyl (C=O) groups is 2. The Morgan fingerprint density at radius 2 is 1.89 bits per heavy atom. The number of hydrogen-bond acceptors (Lipinski definition) is 5. The van der Waals surface area contributed by atoms with Gasteiger partial charge in [-0.2, -0.15) is 0 Å². The smallest absolute Gasteiger partial charge is 0.287 e. The van der Waals surface area contributed by atoms with Gasteiger partial charge in [0.25, 0.3) is 5.91 Å². The van der Waals surface area contributed by atoms with E-state index >= 15 is 0 Å². The van der Waals surface area contributed by atoms with E-state index in [9.17, 15) is 9.59 Å². The second kappa shape index (κ2) is 10.7. The lowest BCUT2D eigenvalue weighted by Gasteiger charge is -2.38. The number of amides is 2. The summed E-state index contributed by atoms with van der Waals surface area (Å²) in [5.41, 5.74) is 4.67. The minimum Gasteiger partial charge on any atom is -0.486 e. The maximum Gasteiger partial charge on any atom is 0.287 e. The molecule has 0 unspecified atom stereocenters. The van der Waals surface area contributed by atoms with Crippen LogP contribution >= 0.6 is 0 Å². The van der Waals surface area contributed by atoms with Gasteiger partial charge in [-0.15, -0.1) is 0 Å². The fourth-order valence-corrected chi connectivity index (χ4v) is 5.42. The molecule has 6 rings (SSSR count). The normalized spacial score (nSPS) is 20.7. The van der Waals surface area contributed by atoms with Crippen LogP contribution in [0.25, 0.3) is 0 Å². The van der Waals surface area contributed by atoms with Gasteiger partial charge >= 0.3 is 0 Å². The molecule has 1 aliphatic carbocycles. The summed E-state index contributed by atoms with van der Waals surface area (Å²) in [6, 6.07) is 17.9. The van der Waals surface area contributed by atoms with Gasteiger partial charge in [-0.1, -0.05) is 35.9 Å². The second-order valence-corrected chi connectivity index (χ2v) is 10.6. The molecule has 38 heavy (non-hydrogen) atoms. The van der Waals surface area contributed by atoms with Crippen LogP contribution in [0.15, 0.2) is 59.0 Å². The number of aryl methyl sites for hydroxylation is 1. The van der Waals surface area contributed by atoms with Crippen LogP contribution in [-0.2, 0) is 22.6 Å². The minimum atomic E-state index is -0.248. The lowest BCUT2D eigenvalue weighted by atomic mass is 9.87. The maximum atomic E-state index is 13.2. The molecule has 0 radical (unpaired) electrons. The van der Waals surface area contributed by atoms with E-state index in [-0.39, 0.29) is 42.2 Å². The highest BCUT2D eigenvalue weighted by Gasteiger charge is 2.39. The molecule has 1 aromatic heterocycles. The van der Waals surface area contributed by atoms with Crippen LogP contribution in [0.1, 0.15) is 70.3 Å². The standard InChI is InChI=1S/C31H34N2O5/c1-20-4-6-22(7-5-20)29-27-17-24(11-10-21(27)14-15-33(29)31(35)23-8-9-23)37-19-26-12-13-28(38-26)30(34)32-18-25-3-2-16-36-25/h4-7,10-13,17,23,25,29H,2-3,8-9,14-16,18-19H2,1H3,(H,32,34)/t25-,29-/m1/s1. The van der Waals surface area contributed by atoms with Gasteiger partial charge < -0.3 is 24.1 Å². The first-order valence-corrected chi connectivity index (χ1v) is 13.7. The van der Waals surface area contributed by atoms with Gasteiger partial charge in [0, 0.05) is 25.6 Å². The summed E-state index contributed by atoms with van der Waals surface area (Å²) in [6.45, 7) is 4.25. The van der Waals surface area contributed by atoms with E-state index in [0.717, 1.165) is 56.4 Å². The molecule has 3 aromatic rings. The predicted molar refractivity (Wildman–Crippen MR) is 142 cm³/mol. The van der Waals surface area contributed by atoms with Crippen molar-refractivity contribution in [2.75, 3.05) is 19.7 Å². The molecule has 2 amide bonds. The summed E-state index contributed by atoms with van der Waals surface area (Å²) < 4.78 is 17.4. The summed E-state index contributed by atoms with van der Waals surface area (Å²) in [4.78, 5) is 27.7. The number of fused-ring (bicyclic) bond motifs is 1. The van der Waals surface area contributed by atoms with E-state index in [1.807, 2.05) is 6.07 Å². The Hall–Kier alpha value is -3.58. The van der Waals surface area contributed by atoms with E-state index in [0.29, 0.717) is 18.1 Å². The molecule has 198 valence electrons. The van der Waals surface area contributed by atoms with Crippen LogP contribution < -0.4 is 10.1 Å². The SMILES string of the molecule is Cc1ccc([C@@H]2c3cc(OCc4ccc(C(=O)NC[C@H]5CCCO5)o4)ccc3CCN2C(=O)C2CC2)cc1. The first kappa shape index (κ1) is 24.7. The Balaban J connectivity index is 1.16. The Bertz CT molecular complexity index is 1300. The molecule has 1 N–H and O–H groups in total. The molecule has 0 spiro atoms. The third kappa shape index (κ3) is 5.34. The molecule has 3 aliphatic rings. The Kier molecular flexibility index (Phi) is 6.94. The average molecular weight is 515 g/mol. The fraction of sp³-hybridized carbons (Fsp3) is 0.419. The van der Waals surface area contributed by atoms with Crippen LogP contribution in [0.5, 0.6) is 5.75 Å². The van der Waals surface area contributed by atoms with Crippen LogP contribution in [0.3, 0.4) is 0 Å². The quantitative estimate of drug-likeness (QED) is 0.460. The Morgan fingerprint density at radius 3 is 2.66 bits per heavy atom. The van der Waals surface area contributed by atoms with Gasteiger partial charge in [0.2, 0.25) is 5.91 Å². The van der Waals surface area contributed by atoms with Gasteiger partial charge in [0.05, 0.1) is 12.1 Å². The summed E-state index contributed by atoms with van der Waals surface area (Å²) in [5, 5.41) is 2.88. The molecular weight excluding hydrogens is 480 g/mol. The van der Waals surface area contributed by atoms with Crippen LogP contribution in [-0.4, -0.2) is 42.5 Å². The van der Waals surface area contributed by atoms with Crippen molar-refractivity contribution < 1.29 is 23.5 Å². The van der Waals surface area contributed by atoms with Crippen molar-refractivity contribution in [2.45, 2.75) is 57.8 Å². The number of furan rings is 1. The highest BCUT2D eigenvalue weighted by atomic mass is 16.5. The van der Waals surface area contributed by atoms with Crippen molar-refractivity contribution in [3.8, 4) is 5.75 Å². The van der Waals surface area contributed by atoms with Gasteiger partial charge in [-0.25, -0.2) is 0 Å². The van der Waals surface area contributed by atoms with Crippen molar-refractivity contribution in [1.82, 2.24) is 10.2 Å².